The second-order valence-electron chi connectivity index (χ2n) is 6.25. The maximum absolute atomic E-state index is 12.5. The number of hydrogen-bond acceptors (Lipinski definition) is 7. The van der Waals surface area contributed by atoms with Gasteiger partial charge in [-0.25, -0.2) is 19.9 Å². The van der Waals surface area contributed by atoms with Gasteiger partial charge in [-0.15, -0.1) is 0 Å². The number of benzene rings is 1. The van der Waals surface area contributed by atoms with E-state index < -0.39 is 0 Å². The number of nitrogens with one attached hydrogen (secondary N) is 1. The molecule has 142 valence electrons. The lowest BCUT2D eigenvalue weighted by molar-refractivity contribution is 0.102. The Labute approximate surface area is 167 Å². The third kappa shape index (κ3) is 4.17. The molecule has 28 heavy (non-hydrogen) atoms. The van der Waals surface area contributed by atoms with Crippen molar-refractivity contribution in [3.8, 4) is 0 Å². The predicted octanol–water partition coefficient (Wildman–Crippen LogP) is 2.50. The fourth-order valence-corrected chi connectivity index (χ4v) is 3.09. The van der Waals surface area contributed by atoms with E-state index in [9.17, 15) is 4.79 Å². The number of carbonyl (C=O) groups excluding carboxylic acids is 1. The van der Waals surface area contributed by atoms with Crippen molar-refractivity contribution >= 4 is 35.0 Å². The SMILES string of the molecule is O=C(Nc1ccc(Cl)cc1)c1cc(N2CCN(c3ncccn3)CC2)ncn1. The first kappa shape index (κ1) is 18.1. The van der Waals surface area contributed by atoms with Gasteiger partial charge in [-0.3, -0.25) is 4.79 Å². The summed E-state index contributed by atoms with van der Waals surface area (Å²) in [6.45, 7) is 3.07. The Hall–Kier alpha value is -3.26. The van der Waals surface area contributed by atoms with Crippen LogP contribution in [0, 0.1) is 0 Å². The van der Waals surface area contributed by atoms with Gasteiger partial charge in [0.05, 0.1) is 0 Å². The first-order chi connectivity index (χ1) is 13.7. The maximum atomic E-state index is 12.5. The third-order valence-electron chi connectivity index (χ3n) is 4.43. The number of nitrogens with zero attached hydrogens (tertiary/aromatic N) is 6. The molecule has 1 fully saturated rings. The molecule has 0 unspecified atom stereocenters. The van der Waals surface area contributed by atoms with E-state index in [1.807, 2.05) is 0 Å². The summed E-state index contributed by atoms with van der Waals surface area (Å²) in [7, 11) is 0. The summed E-state index contributed by atoms with van der Waals surface area (Å²) >= 11 is 5.87. The van der Waals surface area contributed by atoms with E-state index in [4.69, 9.17) is 11.6 Å². The number of halogens is 1. The third-order valence-corrected chi connectivity index (χ3v) is 4.68. The molecule has 1 N–H and O–H groups in total. The lowest BCUT2D eigenvalue weighted by Gasteiger charge is -2.35. The second kappa shape index (κ2) is 8.18. The van der Waals surface area contributed by atoms with Crippen molar-refractivity contribution in [1.29, 1.82) is 0 Å². The van der Waals surface area contributed by atoms with Crippen molar-refractivity contribution in [3.05, 3.63) is 65.8 Å². The average Bonchev–Trinajstić information content (AvgIpc) is 2.76. The number of piperazine rings is 1. The smallest absolute Gasteiger partial charge is 0.274 e. The van der Waals surface area contributed by atoms with Crippen LogP contribution in [-0.4, -0.2) is 52.0 Å². The normalized spacial score (nSPS) is 14.0. The van der Waals surface area contributed by atoms with E-state index in [1.165, 1.54) is 6.33 Å². The average molecular weight is 396 g/mol. The molecule has 3 aromatic rings. The predicted molar refractivity (Wildman–Crippen MR) is 108 cm³/mol. The van der Waals surface area contributed by atoms with Crippen molar-refractivity contribution in [2.24, 2.45) is 0 Å². The van der Waals surface area contributed by atoms with Crippen LogP contribution in [0.25, 0.3) is 0 Å². The molecule has 0 saturated carbocycles. The second-order valence-corrected chi connectivity index (χ2v) is 6.68. The summed E-state index contributed by atoms with van der Waals surface area (Å²) in [6.07, 6.45) is 4.90. The molecule has 1 amide bonds. The Morgan fingerprint density at radius 1 is 0.929 bits per heavy atom. The molecule has 2 aromatic heterocycles. The number of aromatic nitrogens is 4. The van der Waals surface area contributed by atoms with Crippen LogP contribution >= 0.6 is 11.6 Å². The van der Waals surface area contributed by atoms with Gasteiger partial charge in [0.15, 0.2) is 0 Å². The van der Waals surface area contributed by atoms with Crippen LogP contribution in [0.3, 0.4) is 0 Å². The summed E-state index contributed by atoms with van der Waals surface area (Å²) in [6, 6.07) is 10.4. The zero-order chi connectivity index (χ0) is 19.3. The zero-order valence-corrected chi connectivity index (χ0v) is 15.8. The molecule has 4 rings (SSSR count). The van der Waals surface area contributed by atoms with Gasteiger partial charge >= 0.3 is 0 Å². The quantitative estimate of drug-likeness (QED) is 0.726. The molecule has 9 heteroatoms. The molecule has 1 aromatic carbocycles. The topological polar surface area (TPSA) is 87.1 Å². The molecule has 0 spiro atoms. The van der Waals surface area contributed by atoms with E-state index in [-0.39, 0.29) is 5.91 Å². The first-order valence-electron chi connectivity index (χ1n) is 8.85. The number of anilines is 3. The molecule has 8 nitrogen and oxygen atoms in total. The minimum atomic E-state index is -0.290. The van der Waals surface area contributed by atoms with Gasteiger partial charge in [0.1, 0.15) is 17.8 Å². The van der Waals surface area contributed by atoms with Crippen molar-refractivity contribution in [1.82, 2.24) is 19.9 Å². The van der Waals surface area contributed by atoms with Crippen LogP contribution in [0.1, 0.15) is 10.5 Å². The lowest BCUT2D eigenvalue weighted by Crippen LogP contribution is -2.47. The molecule has 0 bridgehead atoms. The number of hydrogen-bond donors (Lipinski definition) is 1. The lowest BCUT2D eigenvalue weighted by atomic mass is 10.2. The fraction of sp³-hybridized carbons (Fsp3) is 0.211. The molecule has 1 saturated heterocycles. The monoisotopic (exact) mass is 395 g/mol. The van der Waals surface area contributed by atoms with Crippen LogP contribution in [0.2, 0.25) is 5.02 Å². The summed E-state index contributed by atoms with van der Waals surface area (Å²) in [4.78, 5) is 33.8. The summed E-state index contributed by atoms with van der Waals surface area (Å²) in [5.41, 5.74) is 0.972. The van der Waals surface area contributed by atoms with Crippen LogP contribution in [-0.2, 0) is 0 Å². The highest BCUT2D eigenvalue weighted by atomic mass is 35.5. The van der Waals surface area contributed by atoms with Crippen LogP contribution in [0.4, 0.5) is 17.5 Å². The summed E-state index contributed by atoms with van der Waals surface area (Å²) in [5.74, 6) is 1.17. The maximum Gasteiger partial charge on any atom is 0.274 e. The van der Waals surface area contributed by atoms with Gasteiger partial charge in [0.25, 0.3) is 5.91 Å². The van der Waals surface area contributed by atoms with E-state index in [1.54, 1.807) is 48.8 Å². The Kier molecular flexibility index (Phi) is 5.29. The summed E-state index contributed by atoms with van der Waals surface area (Å²) < 4.78 is 0. The van der Waals surface area contributed by atoms with Gasteiger partial charge in [0.2, 0.25) is 5.95 Å². The van der Waals surface area contributed by atoms with E-state index in [0.29, 0.717) is 16.4 Å². The van der Waals surface area contributed by atoms with Gasteiger partial charge in [-0.1, -0.05) is 11.6 Å². The van der Waals surface area contributed by atoms with E-state index in [2.05, 4.69) is 35.1 Å². The van der Waals surface area contributed by atoms with Gasteiger partial charge in [-0.05, 0) is 30.3 Å². The van der Waals surface area contributed by atoms with Crippen molar-refractivity contribution in [2.75, 3.05) is 41.3 Å². The molecular weight excluding hydrogens is 378 g/mol. The van der Waals surface area contributed by atoms with Crippen molar-refractivity contribution in [2.45, 2.75) is 0 Å². The standard InChI is InChI=1S/C19H18ClN7O/c20-14-2-4-15(5-3-14)25-18(28)16-12-17(24-13-23-16)26-8-10-27(11-9-26)19-21-6-1-7-22-19/h1-7,12-13H,8-11H2,(H,25,28). The molecular formula is C19H18ClN7O. The highest BCUT2D eigenvalue weighted by Gasteiger charge is 2.21. The highest BCUT2D eigenvalue weighted by molar-refractivity contribution is 6.30. The number of rotatable bonds is 4. The minimum Gasteiger partial charge on any atom is -0.353 e. The van der Waals surface area contributed by atoms with E-state index in [0.717, 1.165) is 37.9 Å². The number of amides is 1. The molecule has 0 radical (unpaired) electrons. The van der Waals surface area contributed by atoms with Crippen molar-refractivity contribution < 1.29 is 4.79 Å². The van der Waals surface area contributed by atoms with E-state index >= 15 is 0 Å². The Morgan fingerprint density at radius 3 is 2.32 bits per heavy atom. The fourth-order valence-electron chi connectivity index (χ4n) is 2.96. The molecule has 1 aliphatic heterocycles. The molecule has 0 aliphatic carbocycles. The van der Waals surface area contributed by atoms with Gasteiger partial charge in [-0.2, -0.15) is 0 Å². The zero-order valence-electron chi connectivity index (χ0n) is 15.0. The van der Waals surface area contributed by atoms with Crippen LogP contribution in [0.15, 0.2) is 55.1 Å². The van der Waals surface area contributed by atoms with Gasteiger partial charge in [0, 0.05) is 55.3 Å². The first-order valence-corrected chi connectivity index (χ1v) is 9.23. The Morgan fingerprint density at radius 2 is 1.61 bits per heavy atom. The minimum absolute atomic E-state index is 0.290. The highest BCUT2D eigenvalue weighted by Crippen LogP contribution is 2.18. The van der Waals surface area contributed by atoms with Crippen molar-refractivity contribution in [3.63, 3.8) is 0 Å². The number of carbonyl (C=O) groups is 1. The molecule has 1 aliphatic rings. The molecule has 3 heterocycles. The van der Waals surface area contributed by atoms with Gasteiger partial charge < -0.3 is 15.1 Å². The largest absolute Gasteiger partial charge is 0.353 e. The molecule has 0 atom stereocenters. The Bertz CT molecular complexity index is 944. The summed E-state index contributed by atoms with van der Waals surface area (Å²) in [5, 5.41) is 3.43. The Balaban J connectivity index is 1.41. The van der Waals surface area contributed by atoms with Crippen LogP contribution in [0.5, 0.6) is 0 Å². The van der Waals surface area contributed by atoms with Crippen LogP contribution < -0.4 is 15.1 Å².